The van der Waals surface area contributed by atoms with Gasteiger partial charge in [0.05, 0.1) is 18.0 Å². The topological polar surface area (TPSA) is 48.9 Å². The first-order valence-corrected chi connectivity index (χ1v) is 4.01. The van der Waals surface area contributed by atoms with Gasteiger partial charge in [0.15, 0.2) is 0 Å². The minimum atomic E-state index is 0.0547. The van der Waals surface area contributed by atoms with Crippen LogP contribution in [0.4, 0.5) is 0 Å². The molecule has 0 radical (unpaired) electrons. The van der Waals surface area contributed by atoms with E-state index in [4.69, 9.17) is 5.11 Å². The molecule has 1 aromatic rings. The molecule has 0 bridgehead atoms. The van der Waals surface area contributed by atoms with Crippen LogP contribution < -0.4 is 0 Å². The maximum atomic E-state index is 8.71. The first-order valence-electron chi connectivity index (χ1n) is 4.01. The second kappa shape index (κ2) is 4.13. The summed E-state index contributed by atoms with van der Waals surface area (Å²) in [5.74, 6) is 0. The van der Waals surface area contributed by atoms with Crippen LogP contribution in [0.25, 0.3) is 0 Å². The Hall–Kier alpha value is -0.830. The van der Waals surface area contributed by atoms with Gasteiger partial charge in [-0.15, -0.1) is 0 Å². The van der Waals surface area contributed by atoms with Crippen molar-refractivity contribution in [1.29, 1.82) is 0 Å². The summed E-state index contributed by atoms with van der Waals surface area (Å²) in [5, 5.41) is 15.5. The van der Waals surface area contributed by atoms with Crippen molar-refractivity contribution in [1.82, 2.24) is 10.2 Å². The molecule has 11 heavy (non-hydrogen) atoms. The SMILES string of the molecule is CCCCc1cc(CO)[nH]n1. The van der Waals surface area contributed by atoms with Crippen molar-refractivity contribution in [2.45, 2.75) is 32.8 Å². The van der Waals surface area contributed by atoms with Gasteiger partial charge in [-0.25, -0.2) is 0 Å². The van der Waals surface area contributed by atoms with Crippen LogP contribution >= 0.6 is 0 Å². The van der Waals surface area contributed by atoms with Crippen molar-refractivity contribution in [2.24, 2.45) is 0 Å². The number of aromatic nitrogens is 2. The minimum absolute atomic E-state index is 0.0547. The van der Waals surface area contributed by atoms with Gasteiger partial charge in [0.2, 0.25) is 0 Å². The summed E-state index contributed by atoms with van der Waals surface area (Å²) in [5.41, 5.74) is 1.85. The first-order chi connectivity index (χ1) is 5.36. The molecule has 0 atom stereocenters. The molecule has 0 fully saturated rings. The van der Waals surface area contributed by atoms with Crippen LogP contribution in [0.15, 0.2) is 6.07 Å². The molecule has 0 aliphatic rings. The molecule has 62 valence electrons. The molecule has 0 aliphatic heterocycles. The van der Waals surface area contributed by atoms with Gasteiger partial charge in [-0.3, -0.25) is 5.10 Å². The Balaban J connectivity index is 2.44. The summed E-state index contributed by atoms with van der Waals surface area (Å²) in [6, 6.07) is 1.91. The highest BCUT2D eigenvalue weighted by atomic mass is 16.3. The zero-order valence-corrected chi connectivity index (χ0v) is 6.80. The molecule has 1 rings (SSSR count). The van der Waals surface area contributed by atoms with Gasteiger partial charge in [-0.2, -0.15) is 5.10 Å². The predicted molar refractivity (Wildman–Crippen MR) is 43.1 cm³/mol. The van der Waals surface area contributed by atoms with E-state index in [9.17, 15) is 0 Å². The Labute approximate surface area is 66.4 Å². The zero-order valence-electron chi connectivity index (χ0n) is 6.80. The molecule has 0 aromatic carbocycles. The van der Waals surface area contributed by atoms with E-state index in [0.717, 1.165) is 24.2 Å². The van der Waals surface area contributed by atoms with Gasteiger partial charge < -0.3 is 5.11 Å². The fourth-order valence-electron chi connectivity index (χ4n) is 0.976. The molecule has 3 nitrogen and oxygen atoms in total. The maximum absolute atomic E-state index is 8.71. The molecule has 1 aromatic heterocycles. The fraction of sp³-hybridized carbons (Fsp3) is 0.625. The molecule has 0 unspecified atom stereocenters. The van der Waals surface area contributed by atoms with Crippen molar-refractivity contribution >= 4 is 0 Å². The lowest BCUT2D eigenvalue weighted by atomic mass is 10.2. The third kappa shape index (κ3) is 2.35. The second-order valence-corrected chi connectivity index (χ2v) is 2.65. The van der Waals surface area contributed by atoms with Crippen molar-refractivity contribution in [3.8, 4) is 0 Å². The lowest BCUT2D eigenvalue weighted by Gasteiger charge is -1.89. The molecular formula is C8H14N2O. The quantitative estimate of drug-likeness (QED) is 0.685. The lowest BCUT2D eigenvalue weighted by molar-refractivity contribution is 0.276. The Bertz CT molecular complexity index is 208. The van der Waals surface area contributed by atoms with E-state index in [1.54, 1.807) is 0 Å². The lowest BCUT2D eigenvalue weighted by Crippen LogP contribution is -1.83. The number of hydrogen-bond acceptors (Lipinski definition) is 2. The van der Waals surface area contributed by atoms with Gasteiger partial charge >= 0.3 is 0 Å². The molecule has 0 saturated carbocycles. The smallest absolute Gasteiger partial charge is 0.0847 e. The average molecular weight is 154 g/mol. The number of aromatic amines is 1. The van der Waals surface area contributed by atoms with Gasteiger partial charge in [0.25, 0.3) is 0 Å². The Kier molecular flexibility index (Phi) is 3.11. The van der Waals surface area contributed by atoms with Crippen LogP contribution in [-0.2, 0) is 13.0 Å². The Morgan fingerprint density at radius 2 is 2.45 bits per heavy atom. The molecular weight excluding hydrogens is 140 g/mol. The molecule has 1 heterocycles. The monoisotopic (exact) mass is 154 g/mol. The highest BCUT2D eigenvalue weighted by molar-refractivity contribution is 5.07. The summed E-state index contributed by atoms with van der Waals surface area (Å²) >= 11 is 0. The number of hydrogen-bond donors (Lipinski definition) is 2. The maximum Gasteiger partial charge on any atom is 0.0847 e. The van der Waals surface area contributed by atoms with Crippen molar-refractivity contribution in [3.63, 3.8) is 0 Å². The number of H-pyrrole nitrogens is 1. The summed E-state index contributed by atoms with van der Waals surface area (Å²) in [7, 11) is 0. The van der Waals surface area contributed by atoms with E-state index < -0.39 is 0 Å². The number of aliphatic hydroxyl groups excluding tert-OH is 1. The Morgan fingerprint density at radius 1 is 1.64 bits per heavy atom. The van der Waals surface area contributed by atoms with Crippen molar-refractivity contribution < 1.29 is 5.11 Å². The number of unbranched alkanes of at least 4 members (excludes halogenated alkanes) is 1. The molecule has 0 spiro atoms. The second-order valence-electron chi connectivity index (χ2n) is 2.65. The number of nitrogens with zero attached hydrogens (tertiary/aromatic N) is 1. The third-order valence-corrected chi connectivity index (χ3v) is 1.64. The van der Waals surface area contributed by atoms with Crippen LogP contribution in [0.2, 0.25) is 0 Å². The highest BCUT2D eigenvalue weighted by Crippen LogP contribution is 2.03. The zero-order chi connectivity index (χ0) is 8.10. The average Bonchev–Trinajstić information content (AvgIpc) is 2.48. The van der Waals surface area contributed by atoms with Crippen LogP contribution in [0, 0.1) is 0 Å². The summed E-state index contributed by atoms with van der Waals surface area (Å²) in [4.78, 5) is 0. The number of aryl methyl sites for hydroxylation is 1. The number of rotatable bonds is 4. The summed E-state index contributed by atoms with van der Waals surface area (Å²) < 4.78 is 0. The molecule has 2 N–H and O–H groups in total. The van der Waals surface area contributed by atoms with E-state index in [2.05, 4.69) is 17.1 Å². The van der Waals surface area contributed by atoms with Crippen molar-refractivity contribution in [3.05, 3.63) is 17.5 Å². The minimum Gasteiger partial charge on any atom is -0.390 e. The van der Waals surface area contributed by atoms with E-state index in [1.807, 2.05) is 6.07 Å². The van der Waals surface area contributed by atoms with Crippen molar-refractivity contribution in [2.75, 3.05) is 0 Å². The number of nitrogens with one attached hydrogen (secondary N) is 1. The summed E-state index contributed by atoms with van der Waals surface area (Å²) in [6.45, 7) is 2.21. The highest BCUT2D eigenvalue weighted by Gasteiger charge is 1.97. The standard InChI is InChI=1S/C8H14N2O/c1-2-3-4-7-5-8(6-11)10-9-7/h5,11H,2-4,6H2,1H3,(H,9,10). The van der Waals surface area contributed by atoms with E-state index in [1.165, 1.54) is 6.42 Å². The predicted octanol–water partition coefficient (Wildman–Crippen LogP) is 1.24. The molecule has 3 heteroatoms. The normalized spacial score (nSPS) is 10.4. The van der Waals surface area contributed by atoms with E-state index in [0.29, 0.717) is 0 Å². The van der Waals surface area contributed by atoms with Crippen LogP contribution in [0.5, 0.6) is 0 Å². The van der Waals surface area contributed by atoms with Crippen LogP contribution in [0.1, 0.15) is 31.2 Å². The molecule has 0 aliphatic carbocycles. The summed E-state index contributed by atoms with van der Waals surface area (Å²) in [6.07, 6.45) is 3.35. The largest absolute Gasteiger partial charge is 0.390 e. The van der Waals surface area contributed by atoms with E-state index in [-0.39, 0.29) is 6.61 Å². The van der Waals surface area contributed by atoms with E-state index >= 15 is 0 Å². The number of aliphatic hydroxyl groups is 1. The van der Waals surface area contributed by atoms with Crippen LogP contribution in [0.3, 0.4) is 0 Å². The fourth-order valence-corrected chi connectivity index (χ4v) is 0.976. The molecule has 0 amide bonds. The first kappa shape index (κ1) is 8.27. The van der Waals surface area contributed by atoms with Crippen LogP contribution in [-0.4, -0.2) is 15.3 Å². The van der Waals surface area contributed by atoms with Gasteiger partial charge in [0, 0.05) is 0 Å². The third-order valence-electron chi connectivity index (χ3n) is 1.64. The molecule has 0 saturated heterocycles. The van der Waals surface area contributed by atoms with Gasteiger partial charge in [-0.05, 0) is 18.9 Å². The van der Waals surface area contributed by atoms with Gasteiger partial charge in [-0.1, -0.05) is 13.3 Å². The Morgan fingerprint density at radius 3 is 3.00 bits per heavy atom. The van der Waals surface area contributed by atoms with Gasteiger partial charge in [0.1, 0.15) is 0 Å².